The third kappa shape index (κ3) is 5.00. The fraction of sp³-hybridized carbons (Fsp3) is 0.0645. The van der Waals surface area contributed by atoms with Crippen molar-refractivity contribution in [2.24, 2.45) is 5.10 Å². The van der Waals surface area contributed by atoms with E-state index >= 15 is 0 Å². The molecule has 0 spiro atoms. The Morgan fingerprint density at radius 1 is 0.861 bits per heavy atom. The largest absolute Gasteiger partial charge is 0.456 e. The molecule has 5 rings (SSSR count). The maximum Gasteiger partial charge on any atom is 0.271 e. The molecule has 1 amide bonds. The molecule has 1 aromatic heterocycles. The second-order valence-electron chi connectivity index (χ2n) is 8.42. The van der Waals surface area contributed by atoms with E-state index in [1.807, 2.05) is 72.8 Å². The van der Waals surface area contributed by atoms with Crippen LogP contribution in [0.3, 0.4) is 0 Å². The van der Waals surface area contributed by atoms with Gasteiger partial charge in [0, 0.05) is 40.6 Å². The molecule has 1 N–H and O–H groups in total. The van der Waals surface area contributed by atoms with Gasteiger partial charge >= 0.3 is 0 Å². The molecule has 4 aromatic rings. The minimum absolute atomic E-state index is 0.132. The number of hydrogen-bond donors (Lipinski definition) is 1. The van der Waals surface area contributed by atoms with Gasteiger partial charge in [0.05, 0.1) is 6.21 Å². The summed E-state index contributed by atoms with van der Waals surface area (Å²) < 4.78 is 6.53. The molecule has 5 heteroatoms. The number of allylic oxidation sites excluding steroid dienone is 2. The number of aryl methyl sites for hydroxylation is 1. The van der Waals surface area contributed by atoms with Crippen molar-refractivity contribution in [2.75, 3.05) is 0 Å². The van der Waals surface area contributed by atoms with Crippen LogP contribution in [0.15, 0.2) is 126 Å². The van der Waals surface area contributed by atoms with Gasteiger partial charge in [-0.3, -0.25) is 9.78 Å². The van der Waals surface area contributed by atoms with Crippen LogP contribution in [-0.2, 0) is 4.74 Å². The number of rotatable bonds is 6. The standard InChI is InChI=1S/C31H25N3O2/c1-22-10-8-9-15-26(22)27-20-29(23-11-4-2-5-12-23)36-30(24-13-6-3-7-14-24)28(27)21-33-34-31(35)25-16-18-32-19-17-25/h2-21,27H,1H3,(H,34,35)/b33-21+. The molecule has 5 nitrogen and oxygen atoms in total. The van der Waals surface area contributed by atoms with Crippen LogP contribution in [0, 0.1) is 6.92 Å². The van der Waals surface area contributed by atoms with Gasteiger partial charge < -0.3 is 4.74 Å². The zero-order valence-electron chi connectivity index (χ0n) is 19.8. The van der Waals surface area contributed by atoms with Gasteiger partial charge in [-0.2, -0.15) is 5.10 Å². The van der Waals surface area contributed by atoms with E-state index in [2.05, 4.69) is 40.6 Å². The fourth-order valence-corrected chi connectivity index (χ4v) is 4.22. The van der Waals surface area contributed by atoms with Gasteiger partial charge in [-0.05, 0) is 36.3 Å². The Hall–Kier alpha value is -4.77. The number of pyridine rings is 1. The van der Waals surface area contributed by atoms with Crippen LogP contribution in [0.1, 0.15) is 38.5 Å². The molecular formula is C31H25N3O2. The normalized spacial score (nSPS) is 15.4. The summed E-state index contributed by atoms with van der Waals surface area (Å²) in [4.78, 5) is 16.5. The fourth-order valence-electron chi connectivity index (χ4n) is 4.22. The molecule has 1 aliphatic heterocycles. The van der Waals surface area contributed by atoms with Gasteiger partial charge in [0.1, 0.15) is 11.5 Å². The van der Waals surface area contributed by atoms with E-state index in [1.165, 1.54) is 0 Å². The molecule has 1 atom stereocenters. The van der Waals surface area contributed by atoms with Gasteiger partial charge in [0.2, 0.25) is 0 Å². The number of carbonyl (C=O) groups is 1. The second kappa shape index (κ2) is 10.7. The molecule has 0 bridgehead atoms. The van der Waals surface area contributed by atoms with Crippen molar-refractivity contribution in [2.45, 2.75) is 12.8 Å². The molecule has 0 saturated carbocycles. The average Bonchev–Trinajstić information content (AvgIpc) is 2.94. The maximum absolute atomic E-state index is 12.6. The molecule has 0 fully saturated rings. The quantitative estimate of drug-likeness (QED) is 0.262. The lowest BCUT2D eigenvalue weighted by atomic mass is 9.84. The van der Waals surface area contributed by atoms with E-state index in [9.17, 15) is 4.79 Å². The topological polar surface area (TPSA) is 63.6 Å². The van der Waals surface area contributed by atoms with Gasteiger partial charge in [-0.1, -0.05) is 84.9 Å². The Morgan fingerprint density at radius 2 is 1.50 bits per heavy atom. The summed E-state index contributed by atoms with van der Waals surface area (Å²) in [6.45, 7) is 2.10. The van der Waals surface area contributed by atoms with Gasteiger partial charge in [-0.25, -0.2) is 5.43 Å². The third-order valence-electron chi connectivity index (χ3n) is 6.06. The number of carbonyl (C=O) groups excluding carboxylic acids is 1. The first-order valence-electron chi connectivity index (χ1n) is 11.7. The van der Waals surface area contributed by atoms with Crippen LogP contribution >= 0.6 is 0 Å². The maximum atomic E-state index is 12.6. The first-order valence-corrected chi connectivity index (χ1v) is 11.7. The number of nitrogens with zero attached hydrogens (tertiary/aromatic N) is 2. The summed E-state index contributed by atoms with van der Waals surface area (Å²) >= 11 is 0. The van der Waals surface area contributed by atoms with Crippen LogP contribution in [0.4, 0.5) is 0 Å². The van der Waals surface area contributed by atoms with Crippen LogP contribution < -0.4 is 5.43 Å². The molecule has 2 heterocycles. The monoisotopic (exact) mass is 471 g/mol. The molecule has 0 aliphatic carbocycles. The molecule has 1 aliphatic rings. The van der Waals surface area contributed by atoms with Crippen molar-refractivity contribution in [3.8, 4) is 0 Å². The molecule has 1 unspecified atom stereocenters. The summed E-state index contributed by atoms with van der Waals surface area (Å²) in [5, 5.41) is 4.34. The second-order valence-corrected chi connectivity index (χ2v) is 8.42. The van der Waals surface area contributed by atoms with E-state index in [1.54, 1.807) is 30.7 Å². The van der Waals surface area contributed by atoms with E-state index in [4.69, 9.17) is 4.74 Å². The van der Waals surface area contributed by atoms with E-state index < -0.39 is 0 Å². The highest BCUT2D eigenvalue weighted by atomic mass is 16.5. The number of hydrogen-bond acceptors (Lipinski definition) is 4. The van der Waals surface area contributed by atoms with Crippen molar-refractivity contribution in [1.29, 1.82) is 0 Å². The zero-order valence-corrected chi connectivity index (χ0v) is 19.8. The summed E-state index contributed by atoms with van der Waals surface area (Å²) in [5.74, 6) is 1.04. The highest BCUT2D eigenvalue weighted by Gasteiger charge is 2.28. The van der Waals surface area contributed by atoms with Crippen LogP contribution in [0.25, 0.3) is 11.5 Å². The lowest BCUT2D eigenvalue weighted by Crippen LogP contribution is -2.19. The number of ether oxygens (including phenoxy) is 1. The van der Waals surface area contributed by atoms with Crippen molar-refractivity contribution in [3.05, 3.63) is 149 Å². The lowest BCUT2D eigenvalue weighted by Gasteiger charge is -2.28. The van der Waals surface area contributed by atoms with E-state index in [0.29, 0.717) is 11.3 Å². The number of benzene rings is 3. The number of amides is 1. The Balaban J connectivity index is 1.60. The van der Waals surface area contributed by atoms with Gasteiger partial charge in [0.15, 0.2) is 0 Å². The van der Waals surface area contributed by atoms with E-state index in [0.717, 1.165) is 33.6 Å². The van der Waals surface area contributed by atoms with Gasteiger partial charge in [0.25, 0.3) is 5.91 Å². The average molecular weight is 472 g/mol. The summed E-state index contributed by atoms with van der Waals surface area (Å²) in [6.07, 6.45) is 6.97. The predicted octanol–water partition coefficient (Wildman–Crippen LogP) is 6.37. The molecule has 0 radical (unpaired) electrons. The molecule has 3 aromatic carbocycles. The third-order valence-corrected chi connectivity index (χ3v) is 6.06. The Kier molecular flexibility index (Phi) is 6.81. The zero-order chi connectivity index (χ0) is 24.7. The minimum atomic E-state index is -0.305. The lowest BCUT2D eigenvalue weighted by molar-refractivity contribution is 0.0955. The van der Waals surface area contributed by atoms with Crippen LogP contribution in [0.5, 0.6) is 0 Å². The highest BCUT2D eigenvalue weighted by molar-refractivity contribution is 5.97. The van der Waals surface area contributed by atoms with Crippen molar-refractivity contribution in [1.82, 2.24) is 10.4 Å². The molecule has 0 saturated heterocycles. The Morgan fingerprint density at radius 3 is 2.19 bits per heavy atom. The SMILES string of the molecule is Cc1ccccc1C1C=C(c2ccccc2)OC(c2ccccc2)=C1/C=N/NC(=O)c1ccncc1. The minimum Gasteiger partial charge on any atom is -0.456 e. The summed E-state index contributed by atoms with van der Waals surface area (Å²) in [7, 11) is 0. The molecular weight excluding hydrogens is 446 g/mol. The summed E-state index contributed by atoms with van der Waals surface area (Å²) in [6, 6.07) is 31.6. The highest BCUT2D eigenvalue weighted by Crippen LogP contribution is 2.41. The van der Waals surface area contributed by atoms with E-state index in [-0.39, 0.29) is 11.8 Å². The number of aromatic nitrogens is 1. The number of nitrogens with one attached hydrogen (secondary N) is 1. The number of hydrazone groups is 1. The summed E-state index contributed by atoms with van der Waals surface area (Å²) in [5.41, 5.74) is 8.20. The van der Waals surface area contributed by atoms with Crippen molar-refractivity contribution >= 4 is 23.6 Å². The first kappa shape index (κ1) is 23.0. The molecule has 176 valence electrons. The Bertz CT molecular complexity index is 1440. The van der Waals surface area contributed by atoms with Crippen molar-refractivity contribution < 1.29 is 9.53 Å². The molecule has 36 heavy (non-hydrogen) atoms. The predicted molar refractivity (Wildman–Crippen MR) is 143 cm³/mol. The van der Waals surface area contributed by atoms with Crippen LogP contribution in [0.2, 0.25) is 0 Å². The smallest absolute Gasteiger partial charge is 0.271 e. The van der Waals surface area contributed by atoms with Crippen LogP contribution in [-0.4, -0.2) is 17.1 Å². The first-order chi connectivity index (χ1) is 17.7. The Labute approximate surface area is 210 Å². The van der Waals surface area contributed by atoms with Crippen molar-refractivity contribution in [3.63, 3.8) is 0 Å². The van der Waals surface area contributed by atoms with Gasteiger partial charge in [-0.15, -0.1) is 0 Å².